The number of hydrogen-bond acceptors (Lipinski definition) is 4. The molecule has 6 rings (SSSR count). The van der Waals surface area contributed by atoms with Crippen molar-refractivity contribution in [2.24, 2.45) is 0 Å². The van der Waals surface area contributed by atoms with Crippen molar-refractivity contribution in [3.8, 4) is 0 Å². The number of nitrogens with one attached hydrogen (secondary N) is 2. The smallest absolute Gasteiger partial charge is 0.317 e. The number of piperazine rings is 1. The van der Waals surface area contributed by atoms with Crippen LogP contribution in [0.1, 0.15) is 41.0 Å². The molecule has 8 heteroatoms. The second-order valence-electron chi connectivity index (χ2n) is 12.5. The Bertz CT molecular complexity index is 1620. The molecule has 0 saturated carbocycles. The van der Waals surface area contributed by atoms with Gasteiger partial charge in [0.05, 0.1) is 0 Å². The van der Waals surface area contributed by atoms with E-state index < -0.39 is 0 Å². The number of carbonyl (C=O) groups excluding carboxylic acids is 2. The maximum Gasteiger partial charge on any atom is 0.317 e. The van der Waals surface area contributed by atoms with Crippen LogP contribution in [0.2, 0.25) is 0 Å². The number of amides is 3. The Labute approximate surface area is 260 Å². The van der Waals surface area contributed by atoms with Crippen LogP contribution in [0.3, 0.4) is 0 Å². The summed E-state index contributed by atoms with van der Waals surface area (Å²) in [6.07, 6.45) is 4.27. The van der Waals surface area contributed by atoms with E-state index in [0.29, 0.717) is 26.1 Å². The number of fused-ring (bicyclic) bond motifs is 2. The van der Waals surface area contributed by atoms with E-state index in [1.54, 1.807) is 0 Å². The number of H-pyrrole nitrogens is 1. The lowest BCUT2D eigenvalue weighted by Crippen LogP contribution is -2.52. The molecule has 0 radical (unpaired) electrons. The van der Waals surface area contributed by atoms with Crippen molar-refractivity contribution in [3.63, 3.8) is 0 Å². The number of benzene rings is 3. The highest BCUT2D eigenvalue weighted by molar-refractivity contribution is 5.96. The van der Waals surface area contributed by atoms with E-state index in [2.05, 4.69) is 95.7 Å². The third-order valence-electron chi connectivity index (χ3n) is 9.07. The molecule has 1 atom stereocenters. The molecule has 44 heavy (non-hydrogen) atoms. The Kier molecular flexibility index (Phi) is 8.89. The van der Waals surface area contributed by atoms with E-state index in [0.717, 1.165) is 61.2 Å². The Hall–Kier alpha value is -4.30. The lowest BCUT2D eigenvalue weighted by atomic mass is 9.93. The monoisotopic (exact) mass is 592 g/mol. The highest BCUT2D eigenvalue weighted by Gasteiger charge is 2.29. The Balaban J connectivity index is 1.17. The average Bonchev–Trinajstić information content (AvgIpc) is 3.47. The van der Waals surface area contributed by atoms with Gasteiger partial charge in [0.25, 0.3) is 0 Å². The molecule has 0 unspecified atom stereocenters. The van der Waals surface area contributed by atoms with Crippen LogP contribution < -0.4 is 15.1 Å². The lowest BCUT2D eigenvalue weighted by molar-refractivity contribution is -0.119. The summed E-state index contributed by atoms with van der Waals surface area (Å²) >= 11 is 0. The van der Waals surface area contributed by atoms with E-state index >= 15 is 0 Å². The van der Waals surface area contributed by atoms with E-state index in [1.165, 1.54) is 22.4 Å². The topological polar surface area (TPSA) is 74.9 Å². The maximum atomic E-state index is 14.1. The molecule has 1 fully saturated rings. The van der Waals surface area contributed by atoms with Crippen LogP contribution in [0.4, 0.5) is 16.2 Å². The van der Waals surface area contributed by atoms with Crippen molar-refractivity contribution in [1.29, 1.82) is 0 Å². The molecule has 3 heterocycles. The van der Waals surface area contributed by atoms with Gasteiger partial charge in [0.1, 0.15) is 0 Å². The van der Waals surface area contributed by atoms with Crippen molar-refractivity contribution in [2.75, 3.05) is 63.2 Å². The van der Waals surface area contributed by atoms with Crippen molar-refractivity contribution in [3.05, 3.63) is 95.2 Å². The Morgan fingerprint density at radius 1 is 0.932 bits per heavy atom. The quantitative estimate of drug-likeness (QED) is 0.283. The molecule has 0 spiro atoms. The van der Waals surface area contributed by atoms with Gasteiger partial charge < -0.3 is 29.9 Å². The van der Waals surface area contributed by atoms with Gasteiger partial charge in [-0.15, -0.1) is 0 Å². The molecule has 2 N–H and O–H groups in total. The van der Waals surface area contributed by atoms with Gasteiger partial charge in [-0.3, -0.25) is 4.79 Å². The number of para-hydroxylation sites is 2. The van der Waals surface area contributed by atoms with Crippen molar-refractivity contribution in [2.45, 2.75) is 38.6 Å². The van der Waals surface area contributed by atoms with Crippen LogP contribution in [-0.4, -0.2) is 80.1 Å². The molecule has 0 bridgehead atoms. The molecule has 4 aromatic rings. The third kappa shape index (κ3) is 6.45. The molecule has 8 nitrogen and oxygen atoms in total. The zero-order valence-electron chi connectivity index (χ0n) is 26.2. The van der Waals surface area contributed by atoms with Crippen molar-refractivity contribution >= 4 is 34.2 Å². The summed E-state index contributed by atoms with van der Waals surface area (Å²) in [6, 6.07) is 23.1. The van der Waals surface area contributed by atoms with Crippen LogP contribution in [0.25, 0.3) is 10.9 Å². The first-order valence-corrected chi connectivity index (χ1v) is 15.8. The summed E-state index contributed by atoms with van der Waals surface area (Å²) in [5, 5.41) is 4.30. The van der Waals surface area contributed by atoms with Crippen LogP contribution in [0, 0.1) is 6.92 Å². The minimum Gasteiger partial charge on any atom is -0.368 e. The van der Waals surface area contributed by atoms with Gasteiger partial charge in [-0.1, -0.05) is 48.5 Å². The predicted molar refractivity (Wildman–Crippen MR) is 179 cm³/mol. The summed E-state index contributed by atoms with van der Waals surface area (Å²) in [5.74, 6) is -0.0597. The molecule has 2 aliphatic rings. The largest absolute Gasteiger partial charge is 0.368 e. The zero-order chi connectivity index (χ0) is 30.6. The number of nitrogens with zero attached hydrogens (tertiary/aromatic N) is 4. The highest BCUT2D eigenvalue weighted by atomic mass is 16.2. The first kappa shape index (κ1) is 29.8. The van der Waals surface area contributed by atoms with Gasteiger partial charge in [-0.25, -0.2) is 4.79 Å². The van der Waals surface area contributed by atoms with E-state index in [4.69, 9.17) is 0 Å². The van der Waals surface area contributed by atoms with Gasteiger partial charge in [-0.2, -0.15) is 0 Å². The number of rotatable bonds is 8. The molecule has 230 valence electrons. The van der Waals surface area contributed by atoms with Gasteiger partial charge in [0.2, 0.25) is 5.91 Å². The highest BCUT2D eigenvalue weighted by Crippen LogP contribution is 2.33. The normalized spacial score (nSPS) is 15.9. The first-order chi connectivity index (χ1) is 21.4. The van der Waals surface area contributed by atoms with Gasteiger partial charge in [-0.05, 0) is 74.3 Å². The van der Waals surface area contributed by atoms with Crippen LogP contribution in [-0.2, 0) is 17.8 Å². The SMILES string of the molecule is Cc1ccccc1N1CCN(C(=O)NC[C@@H](CC(=O)N2CCCc3ccc(CN(C)C)cc32)c2c[nH]c3ccccc23)CC1. The molecular weight excluding hydrogens is 548 g/mol. The van der Waals surface area contributed by atoms with Crippen molar-refractivity contribution in [1.82, 2.24) is 20.1 Å². The lowest BCUT2D eigenvalue weighted by Gasteiger charge is -2.37. The number of anilines is 2. The Morgan fingerprint density at radius 2 is 1.70 bits per heavy atom. The van der Waals surface area contributed by atoms with Gasteiger partial charge in [0, 0.05) is 86.6 Å². The summed E-state index contributed by atoms with van der Waals surface area (Å²) in [7, 11) is 4.12. The fourth-order valence-electron chi connectivity index (χ4n) is 6.78. The van der Waals surface area contributed by atoms with Gasteiger partial charge >= 0.3 is 6.03 Å². The fourth-order valence-corrected chi connectivity index (χ4v) is 6.78. The second-order valence-corrected chi connectivity index (χ2v) is 12.5. The number of urea groups is 1. The molecule has 1 aromatic heterocycles. The molecule has 3 aromatic carbocycles. The zero-order valence-corrected chi connectivity index (χ0v) is 26.2. The number of aromatic nitrogens is 1. The Morgan fingerprint density at radius 3 is 2.50 bits per heavy atom. The number of hydrogen-bond donors (Lipinski definition) is 2. The third-order valence-corrected chi connectivity index (χ3v) is 9.07. The molecule has 0 aliphatic carbocycles. The first-order valence-electron chi connectivity index (χ1n) is 15.8. The van der Waals surface area contributed by atoms with Crippen LogP contribution in [0.5, 0.6) is 0 Å². The van der Waals surface area contributed by atoms with E-state index in [-0.39, 0.29) is 17.9 Å². The minimum absolute atomic E-state index is 0.0663. The van der Waals surface area contributed by atoms with Crippen LogP contribution in [0.15, 0.2) is 72.9 Å². The van der Waals surface area contributed by atoms with Gasteiger partial charge in [0.15, 0.2) is 0 Å². The van der Waals surface area contributed by atoms with Crippen LogP contribution >= 0.6 is 0 Å². The number of carbonyl (C=O) groups is 2. The van der Waals surface area contributed by atoms with E-state index in [9.17, 15) is 9.59 Å². The number of aromatic amines is 1. The maximum absolute atomic E-state index is 14.1. The predicted octanol–water partition coefficient (Wildman–Crippen LogP) is 5.52. The molecule has 1 saturated heterocycles. The fraction of sp³-hybridized carbons (Fsp3) is 0.389. The van der Waals surface area contributed by atoms with Crippen molar-refractivity contribution < 1.29 is 9.59 Å². The molecule has 2 aliphatic heterocycles. The second kappa shape index (κ2) is 13.1. The molecular formula is C36H44N6O2. The van der Waals surface area contributed by atoms with E-state index in [1.807, 2.05) is 28.1 Å². The standard InChI is InChI=1S/C36H44N6O2/c1-26-9-4-7-13-33(26)40-17-19-41(20-18-40)36(44)38-23-29(31-24-37-32-12-6-5-11-30(31)32)22-35(43)42-16-8-10-28-15-14-27(21-34(28)42)25-39(2)3/h4-7,9,11-15,21,24,29,37H,8,10,16-20,22-23,25H2,1-3H3,(H,38,44)/t29-/m1/s1. The summed E-state index contributed by atoms with van der Waals surface area (Å²) < 4.78 is 0. The summed E-state index contributed by atoms with van der Waals surface area (Å²) in [6.45, 7) is 7.00. The summed E-state index contributed by atoms with van der Waals surface area (Å²) in [4.78, 5) is 39.2. The molecule has 3 amide bonds. The summed E-state index contributed by atoms with van der Waals surface area (Å²) in [5.41, 5.74) is 8.06. The minimum atomic E-state index is -0.161. The average molecular weight is 593 g/mol. The number of aryl methyl sites for hydroxylation is 2.